The minimum Gasteiger partial charge on any atom is -0.480 e. The van der Waals surface area contributed by atoms with E-state index in [2.05, 4.69) is 16.8 Å². The van der Waals surface area contributed by atoms with E-state index in [1.807, 2.05) is 30.3 Å². The van der Waals surface area contributed by atoms with E-state index in [-0.39, 0.29) is 12.5 Å². The second-order valence-corrected chi connectivity index (χ2v) is 6.28. The number of methoxy groups -OCH3 is 1. The molecule has 0 aliphatic heterocycles. The van der Waals surface area contributed by atoms with Crippen molar-refractivity contribution in [3.8, 4) is 23.3 Å². The van der Waals surface area contributed by atoms with E-state index < -0.39 is 12.0 Å². The van der Waals surface area contributed by atoms with Crippen LogP contribution in [0, 0.1) is 11.8 Å². The van der Waals surface area contributed by atoms with Crippen LogP contribution in [0.2, 0.25) is 0 Å². The lowest BCUT2D eigenvalue weighted by molar-refractivity contribution is -0.140. The van der Waals surface area contributed by atoms with E-state index in [4.69, 9.17) is 9.15 Å². The van der Waals surface area contributed by atoms with Gasteiger partial charge in [0.05, 0.1) is 5.69 Å². The van der Waals surface area contributed by atoms with Gasteiger partial charge in [0.1, 0.15) is 18.4 Å². The van der Waals surface area contributed by atoms with Gasteiger partial charge in [0.15, 0.2) is 0 Å². The van der Waals surface area contributed by atoms with Gasteiger partial charge in [0.25, 0.3) is 0 Å². The van der Waals surface area contributed by atoms with Crippen LogP contribution in [0.5, 0.6) is 0 Å². The average molecular weight is 378 g/mol. The van der Waals surface area contributed by atoms with Gasteiger partial charge in [0.2, 0.25) is 5.89 Å². The Labute approximate surface area is 163 Å². The van der Waals surface area contributed by atoms with E-state index in [1.54, 1.807) is 42.5 Å². The Bertz CT molecular complexity index is 936. The minimum absolute atomic E-state index is 0.214. The molecule has 0 aliphatic rings. The van der Waals surface area contributed by atoms with Crippen LogP contribution in [0.25, 0.3) is 11.5 Å². The van der Waals surface area contributed by atoms with Gasteiger partial charge < -0.3 is 18.8 Å². The number of rotatable bonds is 8. The van der Waals surface area contributed by atoms with Gasteiger partial charge in [-0.25, -0.2) is 9.78 Å². The number of oxazole rings is 1. The third-order valence-electron chi connectivity index (χ3n) is 4.35. The summed E-state index contributed by atoms with van der Waals surface area (Å²) in [5, 5.41) is 9.38. The molecule has 0 saturated carbocycles. The fourth-order valence-corrected chi connectivity index (χ4v) is 2.81. The maximum absolute atomic E-state index is 11.4. The van der Waals surface area contributed by atoms with Gasteiger partial charge >= 0.3 is 5.97 Å². The van der Waals surface area contributed by atoms with Crippen molar-refractivity contribution in [3.63, 3.8) is 0 Å². The maximum atomic E-state index is 11.4. The number of carboxylic acids is 1. The number of nitrogens with zero attached hydrogens (tertiary/aromatic N) is 2. The van der Waals surface area contributed by atoms with Crippen LogP contribution in [0.15, 0.2) is 65.5 Å². The molecule has 3 rings (SSSR count). The first-order chi connectivity index (χ1) is 13.7. The topological polar surface area (TPSA) is 77.5 Å². The molecule has 6 nitrogen and oxygen atoms in total. The Balaban J connectivity index is 1.56. The molecular weight excluding hydrogens is 356 g/mol. The van der Waals surface area contributed by atoms with Crippen molar-refractivity contribution >= 4 is 5.97 Å². The molecule has 0 saturated heterocycles. The molecule has 2 unspecified atom stereocenters. The second-order valence-electron chi connectivity index (χ2n) is 6.28. The number of aromatic nitrogens is 2. The molecule has 2 aromatic heterocycles. The first-order valence-corrected chi connectivity index (χ1v) is 9.03. The molecule has 144 valence electrons. The Morgan fingerprint density at radius 3 is 2.68 bits per heavy atom. The van der Waals surface area contributed by atoms with Crippen LogP contribution in [0.3, 0.4) is 0 Å². The lowest BCUT2D eigenvalue weighted by atomic mass is 10.1. The first-order valence-electron chi connectivity index (χ1n) is 9.03. The molecule has 0 fully saturated rings. The van der Waals surface area contributed by atoms with Gasteiger partial charge in [-0.1, -0.05) is 30.0 Å². The molecule has 28 heavy (non-hydrogen) atoms. The fourth-order valence-electron chi connectivity index (χ4n) is 2.81. The lowest BCUT2D eigenvalue weighted by Crippen LogP contribution is -2.17. The summed E-state index contributed by atoms with van der Waals surface area (Å²) >= 11 is 0. The van der Waals surface area contributed by atoms with E-state index in [0.717, 1.165) is 11.3 Å². The molecule has 3 aromatic rings. The van der Waals surface area contributed by atoms with E-state index in [0.29, 0.717) is 18.7 Å². The summed E-state index contributed by atoms with van der Waals surface area (Å²) < 4.78 is 12.6. The zero-order valence-corrected chi connectivity index (χ0v) is 15.6. The van der Waals surface area contributed by atoms with Crippen molar-refractivity contribution < 1.29 is 19.1 Å². The highest BCUT2D eigenvalue weighted by Crippen LogP contribution is 2.19. The van der Waals surface area contributed by atoms with Gasteiger partial charge in [0, 0.05) is 31.5 Å². The molecule has 0 aliphatic carbocycles. The summed E-state index contributed by atoms with van der Waals surface area (Å²) in [4.78, 5) is 15.9. The summed E-state index contributed by atoms with van der Waals surface area (Å²) in [6.45, 7) is 0. The van der Waals surface area contributed by atoms with Gasteiger partial charge in [-0.3, -0.25) is 0 Å². The highest BCUT2D eigenvalue weighted by atomic mass is 16.5. The van der Waals surface area contributed by atoms with Crippen LogP contribution in [0.1, 0.15) is 24.6 Å². The molecule has 0 amide bonds. The quantitative estimate of drug-likeness (QED) is 0.603. The molecule has 0 bridgehead atoms. The predicted molar refractivity (Wildman–Crippen MR) is 105 cm³/mol. The normalized spacial score (nSPS) is 12.8. The number of ether oxygens (including phenoxy) is 1. The molecular formula is C22H22N2O4. The van der Waals surface area contributed by atoms with E-state index >= 15 is 0 Å². The zero-order valence-electron chi connectivity index (χ0n) is 15.6. The molecule has 2 heterocycles. The van der Waals surface area contributed by atoms with Crippen molar-refractivity contribution in [1.29, 1.82) is 0 Å². The first kappa shape index (κ1) is 19.5. The molecule has 1 N–H and O–H groups in total. The maximum Gasteiger partial charge on any atom is 0.327 e. The van der Waals surface area contributed by atoms with E-state index in [1.165, 1.54) is 0 Å². The number of carboxylic acid groups (broad SMARTS) is 1. The summed E-state index contributed by atoms with van der Waals surface area (Å²) in [5.41, 5.74) is 1.76. The fraction of sp³-hybridized carbons (Fsp3) is 0.273. The van der Waals surface area contributed by atoms with E-state index in [9.17, 15) is 9.90 Å². The SMILES string of the molecule is COC(C#CCC(C(=O)O)n1cccc1)CCc1coc(-c2ccccc2)n1. The molecule has 2 atom stereocenters. The van der Waals surface area contributed by atoms with Crippen molar-refractivity contribution in [2.75, 3.05) is 7.11 Å². The number of benzene rings is 1. The third kappa shape index (κ3) is 5.12. The number of hydrogen-bond acceptors (Lipinski definition) is 4. The van der Waals surface area contributed by atoms with Crippen LogP contribution in [-0.2, 0) is 16.0 Å². The highest BCUT2D eigenvalue weighted by molar-refractivity contribution is 5.72. The van der Waals surface area contributed by atoms with Crippen LogP contribution < -0.4 is 0 Å². The summed E-state index contributed by atoms with van der Waals surface area (Å²) in [6, 6.07) is 12.6. The van der Waals surface area contributed by atoms with Crippen LogP contribution in [-0.4, -0.2) is 33.8 Å². The smallest absolute Gasteiger partial charge is 0.327 e. The molecule has 0 spiro atoms. The lowest BCUT2D eigenvalue weighted by Gasteiger charge is -2.11. The summed E-state index contributed by atoms with van der Waals surface area (Å²) in [5.74, 6) is 5.65. The Kier molecular flexibility index (Phi) is 6.66. The monoisotopic (exact) mass is 378 g/mol. The zero-order chi connectivity index (χ0) is 19.8. The molecule has 0 radical (unpaired) electrons. The number of hydrogen-bond donors (Lipinski definition) is 1. The number of carbonyl (C=O) groups is 1. The molecule has 1 aromatic carbocycles. The van der Waals surface area contributed by atoms with Crippen molar-refractivity contribution in [2.24, 2.45) is 0 Å². The van der Waals surface area contributed by atoms with Gasteiger partial charge in [-0.15, -0.1) is 0 Å². The predicted octanol–water partition coefficient (Wildman–Crippen LogP) is 3.81. The van der Waals surface area contributed by atoms with Gasteiger partial charge in [-0.05, 0) is 37.1 Å². The van der Waals surface area contributed by atoms with Crippen LogP contribution >= 0.6 is 0 Å². The summed E-state index contributed by atoms with van der Waals surface area (Å²) in [6.07, 6.45) is 6.32. The number of aryl methyl sites for hydroxylation is 1. The average Bonchev–Trinajstić information content (AvgIpc) is 3.40. The molecule has 6 heteroatoms. The van der Waals surface area contributed by atoms with Crippen molar-refractivity contribution in [1.82, 2.24) is 9.55 Å². The second kappa shape index (κ2) is 9.58. The summed E-state index contributed by atoms with van der Waals surface area (Å²) in [7, 11) is 1.60. The Morgan fingerprint density at radius 2 is 2.00 bits per heavy atom. The highest BCUT2D eigenvalue weighted by Gasteiger charge is 2.17. The van der Waals surface area contributed by atoms with Crippen LogP contribution in [0.4, 0.5) is 0 Å². The Morgan fingerprint density at radius 1 is 1.25 bits per heavy atom. The van der Waals surface area contributed by atoms with Crippen molar-refractivity contribution in [3.05, 3.63) is 66.8 Å². The van der Waals surface area contributed by atoms with Crippen molar-refractivity contribution in [2.45, 2.75) is 31.4 Å². The standard InChI is InChI=1S/C22H22N2O4/c1-27-19(10-7-11-20(22(25)26)24-14-5-6-15-24)13-12-18-16-28-21(23-18)17-8-3-2-4-9-17/h2-6,8-9,14-16,19-20H,11-13H2,1H3,(H,25,26). The third-order valence-corrected chi connectivity index (χ3v) is 4.35. The Hall–Kier alpha value is -3.30. The number of aliphatic carboxylic acids is 1. The minimum atomic E-state index is -0.907. The largest absolute Gasteiger partial charge is 0.480 e. The van der Waals surface area contributed by atoms with Gasteiger partial charge in [-0.2, -0.15) is 0 Å².